The van der Waals surface area contributed by atoms with Crippen LogP contribution in [0.4, 0.5) is 0 Å². The van der Waals surface area contributed by atoms with Crippen molar-refractivity contribution in [1.82, 2.24) is 14.8 Å². The first-order valence-electron chi connectivity index (χ1n) is 7.09. The van der Waals surface area contributed by atoms with Gasteiger partial charge in [0.25, 0.3) is 0 Å². The monoisotopic (exact) mass is 305 g/mol. The summed E-state index contributed by atoms with van der Waals surface area (Å²) in [5.41, 5.74) is 2.86. The van der Waals surface area contributed by atoms with Crippen LogP contribution in [0.15, 0.2) is 35.7 Å². The van der Waals surface area contributed by atoms with Gasteiger partial charge in [0, 0.05) is 19.4 Å². The molecule has 0 saturated heterocycles. The van der Waals surface area contributed by atoms with E-state index in [1.54, 1.807) is 25.2 Å². The third-order valence-corrected chi connectivity index (χ3v) is 4.36. The van der Waals surface area contributed by atoms with Crippen LogP contribution in [0.2, 0.25) is 0 Å². The summed E-state index contributed by atoms with van der Waals surface area (Å²) in [4.78, 5) is 0. The first-order chi connectivity index (χ1) is 10.0. The van der Waals surface area contributed by atoms with Gasteiger partial charge in [0.2, 0.25) is 0 Å². The Bertz CT molecular complexity index is 558. The molecule has 21 heavy (non-hydrogen) atoms. The second-order valence-corrected chi connectivity index (χ2v) is 6.98. The molecule has 0 N–H and O–H groups in total. The normalized spacial score (nSPS) is 11.8. The maximum Gasteiger partial charge on any atom is 0.191 e. The average molecular weight is 305 g/mol. The van der Waals surface area contributed by atoms with E-state index in [4.69, 9.17) is 4.74 Å². The van der Waals surface area contributed by atoms with Crippen molar-refractivity contribution in [2.24, 2.45) is 0 Å². The SMILES string of the molecule is COCCn1cnnc1SCc1ccc(C(C)(C)C)cc1. The molecule has 0 aliphatic carbocycles. The van der Waals surface area contributed by atoms with E-state index < -0.39 is 0 Å². The van der Waals surface area contributed by atoms with Crippen molar-refractivity contribution in [3.8, 4) is 0 Å². The van der Waals surface area contributed by atoms with E-state index in [1.807, 2.05) is 4.57 Å². The minimum Gasteiger partial charge on any atom is -0.383 e. The Morgan fingerprint density at radius 1 is 1.19 bits per heavy atom. The molecule has 0 atom stereocenters. The highest BCUT2D eigenvalue weighted by molar-refractivity contribution is 7.98. The minimum absolute atomic E-state index is 0.200. The van der Waals surface area contributed by atoms with Crippen LogP contribution in [0.3, 0.4) is 0 Å². The van der Waals surface area contributed by atoms with Gasteiger partial charge in [0.1, 0.15) is 6.33 Å². The molecule has 0 fully saturated rings. The van der Waals surface area contributed by atoms with E-state index in [1.165, 1.54) is 11.1 Å². The lowest BCUT2D eigenvalue weighted by atomic mass is 9.87. The van der Waals surface area contributed by atoms with Gasteiger partial charge >= 0.3 is 0 Å². The van der Waals surface area contributed by atoms with Crippen molar-refractivity contribution >= 4 is 11.8 Å². The number of methoxy groups -OCH3 is 1. The topological polar surface area (TPSA) is 39.9 Å². The Morgan fingerprint density at radius 3 is 2.52 bits per heavy atom. The van der Waals surface area contributed by atoms with Crippen LogP contribution in [0.25, 0.3) is 0 Å². The molecule has 2 aromatic rings. The average Bonchev–Trinajstić information content (AvgIpc) is 2.90. The quantitative estimate of drug-likeness (QED) is 0.766. The van der Waals surface area contributed by atoms with Crippen molar-refractivity contribution in [3.05, 3.63) is 41.7 Å². The zero-order valence-corrected chi connectivity index (χ0v) is 14.0. The third kappa shape index (κ3) is 4.58. The molecule has 1 aromatic heterocycles. The molecule has 0 amide bonds. The maximum atomic E-state index is 5.09. The smallest absolute Gasteiger partial charge is 0.191 e. The van der Waals surface area contributed by atoms with Crippen molar-refractivity contribution < 1.29 is 4.74 Å². The molecule has 1 heterocycles. The first-order valence-corrected chi connectivity index (χ1v) is 8.08. The zero-order chi connectivity index (χ0) is 15.3. The lowest BCUT2D eigenvalue weighted by molar-refractivity contribution is 0.184. The Labute approximate surface area is 130 Å². The Morgan fingerprint density at radius 2 is 1.90 bits per heavy atom. The summed E-state index contributed by atoms with van der Waals surface area (Å²) in [6.07, 6.45) is 1.75. The number of aromatic nitrogens is 3. The highest BCUT2D eigenvalue weighted by Crippen LogP contribution is 2.25. The molecule has 0 radical (unpaired) electrons. The number of hydrogen-bond acceptors (Lipinski definition) is 4. The number of hydrogen-bond donors (Lipinski definition) is 0. The van der Waals surface area contributed by atoms with Gasteiger partial charge in [-0.2, -0.15) is 0 Å². The molecule has 0 spiro atoms. The van der Waals surface area contributed by atoms with E-state index in [0.717, 1.165) is 17.5 Å². The molecule has 114 valence electrons. The fourth-order valence-corrected chi connectivity index (χ4v) is 2.85. The molecule has 0 unspecified atom stereocenters. The summed E-state index contributed by atoms with van der Waals surface area (Å²) in [5, 5.41) is 9.07. The molecule has 1 aromatic carbocycles. The minimum atomic E-state index is 0.200. The summed E-state index contributed by atoms with van der Waals surface area (Å²) in [6, 6.07) is 8.82. The summed E-state index contributed by atoms with van der Waals surface area (Å²) in [7, 11) is 1.70. The Hall–Kier alpha value is -1.33. The largest absolute Gasteiger partial charge is 0.383 e. The lowest BCUT2D eigenvalue weighted by Gasteiger charge is -2.19. The number of thioether (sulfide) groups is 1. The molecule has 5 heteroatoms. The van der Waals surface area contributed by atoms with Gasteiger partial charge in [-0.1, -0.05) is 56.8 Å². The zero-order valence-electron chi connectivity index (χ0n) is 13.2. The predicted molar refractivity (Wildman–Crippen MR) is 86.6 cm³/mol. The summed E-state index contributed by atoms with van der Waals surface area (Å²) in [5.74, 6) is 0.899. The third-order valence-electron chi connectivity index (χ3n) is 3.30. The Kier molecular flexibility index (Phi) is 5.42. The van der Waals surface area contributed by atoms with Crippen molar-refractivity contribution in [2.45, 2.75) is 43.6 Å². The second-order valence-electron chi connectivity index (χ2n) is 6.04. The van der Waals surface area contributed by atoms with Crippen molar-refractivity contribution in [2.75, 3.05) is 13.7 Å². The van der Waals surface area contributed by atoms with Crippen LogP contribution in [0.5, 0.6) is 0 Å². The van der Waals surface area contributed by atoms with Crippen LogP contribution in [0, 0.1) is 0 Å². The molecular weight excluding hydrogens is 282 g/mol. The highest BCUT2D eigenvalue weighted by atomic mass is 32.2. The van der Waals surface area contributed by atoms with E-state index in [0.29, 0.717) is 6.61 Å². The van der Waals surface area contributed by atoms with Crippen LogP contribution >= 0.6 is 11.8 Å². The summed E-state index contributed by atoms with van der Waals surface area (Å²) in [6.45, 7) is 8.15. The van der Waals surface area contributed by atoms with Crippen LogP contribution in [-0.2, 0) is 22.4 Å². The van der Waals surface area contributed by atoms with E-state index >= 15 is 0 Å². The van der Waals surface area contributed by atoms with Crippen molar-refractivity contribution in [3.63, 3.8) is 0 Å². The first kappa shape index (κ1) is 16.0. The second kappa shape index (κ2) is 7.09. The standard InChI is InChI=1S/C16H23N3OS/c1-16(2,3)14-7-5-13(6-8-14)11-21-15-18-17-12-19(15)9-10-20-4/h5-8,12H,9-11H2,1-4H3. The lowest BCUT2D eigenvalue weighted by Crippen LogP contribution is -2.10. The number of rotatable bonds is 6. The van der Waals surface area contributed by atoms with Gasteiger partial charge < -0.3 is 9.30 Å². The van der Waals surface area contributed by atoms with E-state index in [-0.39, 0.29) is 5.41 Å². The molecular formula is C16H23N3OS. The summed E-state index contributed by atoms with van der Waals surface area (Å²) >= 11 is 1.70. The maximum absolute atomic E-state index is 5.09. The molecule has 0 aliphatic rings. The molecule has 4 nitrogen and oxygen atoms in total. The molecule has 0 saturated carbocycles. The number of benzene rings is 1. The summed E-state index contributed by atoms with van der Waals surface area (Å²) < 4.78 is 7.12. The van der Waals surface area contributed by atoms with E-state index in [2.05, 4.69) is 55.2 Å². The Balaban J connectivity index is 1.95. The molecule has 0 aliphatic heterocycles. The fraction of sp³-hybridized carbons (Fsp3) is 0.500. The molecule has 0 bridgehead atoms. The number of nitrogens with zero attached hydrogens (tertiary/aromatic N) is 3. The van der Waals surface area contributed by atoms with Gasteiger partial charge in [0.15, 0.2) is 5.16 Å². The fourth-order valence-electron chi connectivity index (χ4n) is 1.95. The van der Waals surface area contributed by atoms with Gasteiger partial charge in [-0.25, -0.2) is 0 Å². The molecule has 2 rings (SSSR count). The van der Waals surface area contributed by atoms with Gasteiger partial charge in [-0.05, 0) is 16.5 Å². The van der Waals surface area contributed by atoms with Gasteiger partial charge in [0.05, 0.1) is 6.61 Å². The van der Waals surface area contributed by atoms with Crippen LogP contribution in [-0.4, -0.2) is 28.5 Å². The predicted octanol–water partition coefficient (Wildman–Crippen LogP) is 3.51. The van der Waals surface area contributed by atoms with Gasteiger partial charge in [-0.3, -0.25) is 0 Å². The van der Waals surface area contributed by atoms with Crippen molar-refractivity contribution in [1.29, 1.82) is 0 Å². The highest BCUT2D eigenvalue weighted by Gasteiger charge is 2.13. The van der Waals surface area contributed by atoms with Gasteiger partial charge in [-0.15, -0.1) is 10.2 Å². The van der Waals surface area contributed by atoms with E-state index in [9.17, 15) is 0 Å². The number of ether oxygens (including phenoxy) is 1. The van der Waals surface area contributed by atoms with Crippen LogP contribution in [0.1, 0.15) is 31.9 Å². The van der Waals surface area contributed by atoms with Crippen LogP contribution < -0.4 is 0 Å².